The molecule has 0 radical (unpaired) electrons. The Morgan fingerprint density at radius 1 is 1.10 bits per heavy atom. The standard InChI is InChI=1S/C47H53N5O8/c1-5-26(13-15-49-4)46(57)59-37-22-35-42(56)41-36(55)21-32(24-53)58-44(41)40-34-20-29-19-31(54)11-10-27(29)8-9-28(39-33(34)14-16-51-45(39)48)18-30(47(37,3)60-43(35)40)17-25-7-12-38(50-6-2)52-23-25/h5,7,10-12,14,16,19,21,23,28,30,34,37,49,53-54,56H,6,8-9,13,15,17-18,20,22,24H2,1-4H3,(H2,48,51)(H,50,52)/b26-5-/t28-,30-,34-,37+,47-/m0/s1. The summed E-state index contributed by atoms with van der Waals surface area (Å²) in [6, 6.07) is 12.6. The van der Waals surface area contributed by atoms with E-state index in [0.29, 0.717) is 73.3 Å². The number of phenols is 2. The van der Waals surface area contributed by atoms with Gasteiger partial charge in [0.15, 0.2) is 5.43 Å². The molecule has 2 aromatic carbocycles. The molecule has 0 amide bonds. The maximum atomic E-state index is 14.2. The van der Waals surface area contributed by atoms with Gasteiger partial charge in [0.05, 0.1) is 0 Å². The molecule has 5 atom stereocenters. The van der Waals surface area contributed by atoms with Crippen molar-refractivity contribution in [2.24, 2.45) is 5.92 Å². The van der Waals surface area contributed by atoms with Crippen molar-refractivity contribution in [2.75, 3.05) is 31.2 Å². The maximum Gasteiger partial charge on any atom is 0.334 e. The Morgan fingerprint density at radius 2 is 1.93 bits per heavy atom. The van der Waals surface area contributed by atoms with Crippen molar-refractivity contribution < 1.29 is 34.0 Å². The van der Waals surface area contributed by atoms with Crippen LogP contribution in [-0.4, -0.2) is 63.1 Å². The number of allylic oxidation sites excluding steroid dienone is 1. The number of aliphatic hydroxyl groups excluding tert-OH is 1. The average molecular weight is 816 g/mol. The van der Waals surface area contributed by atoms with Crippen LogP contribution in [0.2, 0.25) is 0 Å². The van der Waals surface area contributed by atoms with Crippen LogP contribution in [0.15, 0.2) is 75.7 Å². The van der Waals surface area contributed by atoms with E-state index in [0.717, 1.165) is 40.2 Å². The van der Waals surface area contributed by atoms with Crippen molar-refractivity contribution in [3.05, 3.63) is 121 Å². The van der Waals surface area contributed by atoms with E-state index in [1.807, 2.05) is 51.4 Å². The predicted molar refractivity (Wildman–Crippen MR) is 229 cm³/mol. The molecule has 5 aromatic rings. The lowest BCUT2D eigenvalue weighted by Crippen LogP contribution is -2.57. The lowest BCUT2D eigenvalue weighted by molar-refractivity contribution is -0.165. The number of nitrogens with one attached hydrogen (secondary N) is 2. The lowest BCUT2D eigenvalue weighted by atomic mass is 9.68. The Balaban J connectivity index is 1.45. The SMILES string of the molecule is C/C=C(/CCNC)C(=O)O[C@@H]1Cc2c3c(c4oc(CO)cc(=O)c4c2O)[C@H]2Cc4cc(O)ccc4CC[C@@H](C[C@H](Cc4ccc(NCC)nc4)[C@]1(C)O3)c1c2ccnc1N. The fraction of sp³-hybridized carbons (Fsp3) is 0.404. The molecule has 2 aliphatic heterocycles. The first-order chi connectivity index (χ1) is 29.0. The number of ether oxygens (including phenoxy) is 2. The number of nitrogen functional groups attached to an aromatic ring is 1. The van der Waals surface area contributed by atoms with E-state index in [4.69, 9.17) is 24.6 Å². The topological polar surface area (TPSA) is 202 Å². The molecule has 3 aromatic heterocycles. The third kappa shape index (κ3) is 7.34. The molecule has 4 bridgehead atoms. The summed E-state index contributed by atoms with van der Waals surface area (Å²) < 4.78 is 20.5. The Kier molecular flexibility index (Phi) is 11.3. The molecule has 1 aliphatic carbocycles. The van der Waals surface area contributed by atoms with Crippen LogP contribution in [0, 0.1) is 5.92 Å². The van der Waals surface area contributed by atoms with Crippen LogP contribution >= 0.6 is 0 Å². The molecule has 0 unspecified atom stereocenters. The zero-order chi connectivity index (χ0) is 42.3. The van der Waals surface area contributed by atoms with Gasteiger partial charge >= 0.3 is 5.97 Å². The molecule has 8 rings (SSSR count). The minimum Gasteiger partial charge on any atom is -0.508 e. The number of fused-ring (bicyclic) bond motifs is 5. The van der Waals surface area contributed by atoms with Crippen molar-refractivity contribution in [1.29, 1.82) is 0 Å². The molecule has 0 spiro atoms. The van der Waals surface area contributed by atoms with Gasteiger partial charge in [-0.3, -0.25) is 4.79 Å². The van der Waals surface area contributed by atoms with E-state index in [2.05, 4.69) is 15.6 Å². The van der Waals surface area contributed by atoms with E-state index < -0.39 is 35.6 Å². The Bertz CT molecular complexity index is 2540. The highest BCUT2D eigenvalue weighted by atomic mass is 16.6. The summed E-state index contributed by atoms with van der Waals surface area (Å²) in [5.74, 6) is -0.382. The van der Waals surface area contributed by atoms with Crippen LogP contribution in [-0.2, 0) is 41.8 Å². The average Bonchev–Trinajstić information content (AvgIpc) is 3.29. The van der Waals surface area contributed by atoms with Gasteiger partial charge in [-0.15, -0.1) is 0 Å². The van der Waals surface area contributed by atoms with Gasteiger partial charge in [-0.25, -0.2) is 14.8 Å². The first-order valence-electron chi connectivity index (χ1n) is 20.9. The number of hydrogen-bond donors (Lipinski definition) is 6. The minimum absolute atomic E-state index is 0.0193. The van der Waals surface area contributed by atoms with Crippen LogP contribution in [0.25, 0.3) is 11.0 Å². The highest BCUT2D eigenvalue weighted by Gasteiger charge is 2.53. The van der Waals surface area contributed by atoms with Gasteiger partial charge in [0.1, 0.15) is 63.9 Å². The third-order valence-corrected chi connectivity index (χ3v) is 12.9. The second-order valence-electron chi connectivity index (χ2n) is 16.4. The lowest BCUT2D eigenvalue weighted by Gasteiger charge is -2.49. The summed E-state index contributed by atoms with van der Waals surface area (Å²) in [6.45, 7) is 6.52. The highest BCUT2D eigenvalue weighted by Crippen LogP contribution is 2.56. The van der Waals surface area contributed by atoms with Gasteiger partial charge in [0, 0.05) is 65.5 Å². The first-order valence-corrected chi connectivity index (χ1v) is 20.9. The highest BCUT2D eigenvalue weighted by molar-refractivity contribution is 5.92. The Labute approximate surface area is 348 Å². The summed E-state index contributed by atoms with van der Waals surface area (Å²) >= 11 is 0. The van der Waals surface area contributed by atoms with E-state index in [1.165, 1.54) is 6.07 Å². The van der Waals surface area contributed by atoms with E-state index >= 15 is 0 Å². The molecular formula is C47H53N5O8. The fourth-order valence-electron chi connectivity index (χ4n) is 9.76. The van der Waals surface area contributed by atoms with Crippen LogP contribution in [0.1, 0.15) is 96.6 Å². The number of benzene rings is 2. The number of carbonyl (C=O) groups is 1. The number of aliphatic hydroxyl groups is 1. The van der Waals surface area contributed by atoms with Crippen molar-refractivity contribution in [1.82, 2.24) is 15.3 Å². The number of aryl methyl sites for hydroxylation is 1. The van der Waals surface area contributed by atoms with Crippen molar-refractivity contribution in [2.45, 2.75) is 95.9 Å². The number of nitrogens with two attached hydrogens (primary N) is 1. The molecule has 13 nitrogen and oxygen atoms in total. The third-order valence-electron chi connectivity index (χ3n) is 12.9. The number of hydrogen-bond acceptors (Lipinski definition) is 13. The molecule has 7 N–H and O–H groups in total. The van der Waals surface area contributed by atoms with Crippen molar-refractivity contribution >= 4 is 28.6 Å². The van der Waals surface area contributed by atoms with Crippen LogP contribution in [0.5, 0.6) is 17.2 Å². The molecule has 13 heteroatoms. The van der Waals surface area contributed by atoms with Gasteiger partial charge in [-0.1, -0.05) is 18.2 Å². The molecule has 60 heavy (non-hydrogen) atoms. The number of anilines is 2. The number of pyridine rings is 2. The van der Waals surface area contributed by atoms with Crippen LogP contribution < -0.4 is 26.5 Å². The fourth-order valence-corrected chi connectivity index (χ4v) is 9.76. The number of carbonyl (C=O) groups excluding carboxylic acids is 1. The maximum absolute atomic E-state index is 14.2. The second-order valence-corrected chi connectivity index (χ2v) is 16.4. The van der Waals surface area contributed by atoms with Crippen LogP contribution in [0.4, 0.5) is 11.6 Å². The van der Waals surface area contributed by atoms with E-state index in [1.54, 1.807) is 31.3 Å². The van der Waals surface area contributed by atoms with Crippen molar-refractivity contribution in [3.63, 3.8) is 0 Å². The van der Waals surface area contributed by atoms with Crippen LogP contribution in [0.3, 0.4) is 0 Å². The number of aromatic nitrogens is 2. The summed E-state index contributed by atoms with van der Waals surface area (Å²) in [5.41, 5.74) is 11.2. The largest absolute Gasteiger partial charge is 0.508 e. The zero-order valence-electron chi connectivity index (χ0n) is 34.5. The first kappa shape index (κ1) is 40.8. The molecule has 314 valence electrons. The number of rotatable bonds is 10. The Morgan fingerprint density at radius 3 is 2.67 bits per heavy atom. The van der Waals surface area contributed by atoms with Gasteiger partial charge in [-0.2, -0.15) is 0 Å². The molecule has 0 saturated heterocycles. The van der Waals surface area contributed by atoms with Gasteiger partial charge in [0.2, 0.25) is 0 Å². The summed E-state index contributed by atoms with van der Waals surface area (Å²) in [7, 11) is 1.82. The number of phenolic OH excluding ortho intramolecular Hbond substituents is 2. The van der Waals surface area contributed by atoms with Gasteiger partial charge in [-0.05, 0) is 125 Å². The molecular weight excluding hydrogens is 763 g/mol. The number of aromatic hydroxyl groups is 2. The summed E-state index contributed by atoms with van der Waals surface area (Å²) in [4.78, 5) is 37.6. The van der Waals surface area contributed by atoms with E-state index in [-0.39, 0.29) is 46.5 Å². The Hall–Kier alpha value is -5.92. The normalized spacial score (nSPS) is 22.1. The van der Waals surface area contributed by atoms with E-state index in [9.17, 15) is 24.9 Å². The van der Waals surface area contributed by atoms with Crippen molar-refractivity contribution in [3.8, 4) is 17.2 Å². The minimum atomic E-state index is -1.23. The smallest absolute Gasteiger partial charge is 0.334 e. The molecule has 0 fully saturated rings. The monoisotopic (exact) mass is 815 g/mol. The predicted octanol–water partition coefficient (Wildman–Crippen LogP) is 6.33. The molecule has 5 heterocycles. The number of nitrogens with zero attached hydrogens (tertiary/aromatic N) is 2. The second kappa shape index (κ2) is 16.6. The molecule has 3 aliphatic rings. The quantitative estimate of drug-likeness (QED) is 0.0675. The van der Waals surface area contributed by atoms with Gasteiger partial charge in [0.25, 0.3) is 0 Å². The van der Waals surface area contributed by atoms with Gasteiger partial charge < -0.3 is 45.6 Å². The molecule has 0 saturated carbocycles. The number of esters is 1. The summed E-state index contributed by atoms with van der Waals surface area (Å²) in [6.07, 6.45) is 7.55. The summed E-state index contributed by atoms with van der Waals surface area (Å²) in [5, 5.41) is 39.8. The zero-order valence-corrected chi connectivity index (χ0v) is 34.5.